The summed E-state index contributed by atoms with van der Waals surface area (Å²) >= 11 is 0. The van der Waals surface area contributed by atoms with Gasteiger partial charge in [0.1, 0.15) is 0 Å². The molecule has 2 amide bonds. The van der Waals surface area contributed by atoms with Crippen LogP contribution in [0.5, 0.6) is 0 Å². The summed E-state index contributed by atoms with van der Waals surface area (Å²) in [6.07, 6.45) is 8.82. The Labute approximate surface area is 135 Å². The lowest BCUT2D eigenvalue weighted by Crippen LogP contribution is -2.41. The molecule has 8 nitrogen and oxygen atoms in total. The molecule has 122 valence electrons. The van der Waals surface area contributed by atoms with Gasteiger partial charge in [0.05, 0.1) is 24.1 Å². The van der Waals surface area contributed by atoms with Crippen molar-refractivity contribution in [2.24, 2.45) is 0 Å². The lowest BCUT2D eigenvalue weighted by Gasteiger charge is -2.32. The van der Waals surface area contributed by atoms with Crippen molar-refractivity contribution >= 4 is 17.7 Å². The molecule has 1 saturated heterocycles. The van der Waals surface area contributed by atoms with Crippen molar-refractivity contribution in [2.75, 3.05) is 37.4 Å². The van der Waals surface area contributed by atoms with Crippen LogP contribution in [0, 0.1) is 0 Å². The van der Waals surface area contributed by atoms with E-state index in [1.807, 2.05) is 40.8 Å². The van der Waals surface area contributed by atoms with Crippen LogP contribution in [-0.2, 0) is 0 Å². The highest BCUT2D eigenvalue weighted by Crippen LogP contribution is 2.22. The van der Waals surface area contributed by atoms with E-state index in [0.717, 1.165) is 12.8 Å². The van der Waals surface area contributed by atoms with Crippen molar-refractivity contribution in [3.05, 3.63) is 30.9 Å². The van der Waals surface area contributed by atoms with Crippen LogP contribution in [0.1, 0.15) is 18.9 Å². The van der Waals surface area contributed by atoms with Gasteiger partial charge in [0.25, 0.3) is 0 Å². The summed E-state index contributed by atoms with van der Waals surface area (Å²) in [5.41, 5.74) is 0.606. The minimum atomic E-state index is -0.106. The SMILES string of the molecule is CN(C)c1ncc(NC(=O)N2CCC(n3cccn3)CC2)cn1. The van der Waals surface area contributed by atoms with Gasteiger partial charge in [-0.05, 0) is 18.9 Å². The summed E-state index contributed by atoms with van der Waals surface area (Å²) in [5, 5.41) is 7.13. The molecule has 1 aliphatic heterocycles. The van der Waals surface area contributed by atoms with Gasteiger partial charge in [-0.25, -0.2) is 14.8 Å². The number of anilines is 2. The van der Waals surface area contributed by atoms with Crippen LogP contribution in [0.25, 0.3) is 0 Å². The Morgan fingerprint density at radius 1 is 1.26 bits per heavy atom. The van der Waals surface area contributed by atoms with Gasteiger partial charge in [-0.3, -0.25) is 4.68 Å². The third-order valence-corrected chi connectivity index (χ3v) is 3.94. The van der Waals surface area contributed by atoms with Gasteiger partial charge < -0.3 is 15.1 Å². The first-order valence-corrected chi connectivity index (χ1v) is 7.68. The van der Waals surface area contributed by atoms with E-state index in [0.29, 0.717) is 30.8 Å². The zero-order chi connectivity index (χ0) is 16.2. The van der Waals surface area contributed by atoms with Crippen LogP contribution in [0.3, 0.4) is 0 Å². The number of rotatable bonds is 3. The standard InChI is InChI=1S/C15H21N7O/c1-20(2)14-16-10-12(11-17-14)19-15(23)21-8-4-13(5-9-21)22-7-3-6-18-22/h3,6-7,10-11,13H,4-5,8-9H2,1-2H3,(H,19,23). The largest absolute Gasteiger partial charge is 0.347 e. The van der Waals surface area contributed by atoms with E-state index >= 15 is 0 Å². The predicted molar refractivity (Wildman–Crippen MR) is 87.4 cm³/mol. The third kappa shape index (κ3) is 3.58. The Morgan fingerprint density at radius 3 is 2.52 bits per heavy atom. The smallest absolute Gasteiger partial charge is 0.321 e. The van der Waals surface area contributed by atoms with Gasteiger partial charge in [0.15, 0.2) is 0 Å². The molecule has 2 aromatic heterocycles. The van der Waals surface area contributed by atoms with E-state index in [9.17, 15) is 4.79 Å². The maximum absolute atomic E-state index is 12.3. The molecular formula is C15H21N7O. The van der Waals surface area contributed by atoms with Crippen LogP contribution in [-0.4, -0.2) is 57.9 Å². The Kier molecular flexibility index (Phi) is 4.40. The first-order chi connectivity index (χ1) is 11.1. The fourth-order valence-electron chi connectivity index (χ4n) is 2.65. The zero-order valence-corrected chi connectivity index (χ0v) is 13.4. The van der Waals surface area contributed by atoms with Gasteiger partial charge in [-0.1, -0.05) is 0 Å². The van der Waals surface area contributed by atoms with E-state index in [2.05, 4.69) is 20.4 Å². The molecule has 1 N–H and O–H groups in total. The van der Waals surface area contributed by atoms with Crippen LogP contribution in [0.4, 0.5) is 16.4 Å². The summed E-state index contributed by atoms with van der Waals surface area (Å²) in [6.45, 7) is 1.43. The Balaban J connectivity index is 1.53. The van der Waals surface area contributed by atoms with Crippen LogP contribution in [0.15, 0.2) is 30.9 Å². The van der Waals surface area contributed by atoms with E-state index in [1.165, 1.54) is 0 Å². The highest BCUT2D eigenvalue weighted by Gasteiger charge is 2.24. The number of carbonyl (C=O) groups excluding carboxylic acids is 1. The number of nitrogens with one attached hydrogen (secondary N) is 1. The van der Waals surface area contributed by atoms with Crippen molar-refractivity contribution in [1.82, 2.24) is 24.6 Å². The van der Waals surface area contributed by atoms with Crippen molar-refractivity contribution < 1.29 is 4.79 Å². The van der Waals surface area contributed by atoms with Gasteiger partial charge in [-0.2, -0.15) is 5.10 Å². The zero-order valence-electron chi connectivity index (χ0n) is 13.4. The maximum atomic E-state index is 12.3. The second-order valence-electron chi connectivity index (χ2n) is 5.80. The van der Waals surface area contributed by atoms with Crippen molar-refractivity contribution in [1.29, 1.82) is 0 Å². The summed E-state index contributed by atoms with van der Waals surface area (Å²) in [4.78, 5) is 24.3. The number of amides is 2. The number of hydrogen-bond donors (Lipinski definition) is 1. The number of nitrogens with zero attached hydrogens (tertiary/aromatic N) is 6. The molecule has 0 saturated carbocycles. The number of carbonyl (C=O) groups is 1. The molecule has 0 unspecified atom stereocenters. The molecule has 0 aliphatic carbocycles. The van der Waals surface area contributed by atoms with Crippen LogP contribution in [0.2, 0.25) is 0 Å². The van der Waals surface area contributed by atoms with Crippen molar-refractivity contribution in [3.63, 3.8) is 0 Å². The fourth-order valence-corrected chi connectivity index (χ4v) is 2.65. The number of urea groups is 1. The average molecular weight is 315 g/mol. The normalized spacial score (nSPS) is 15.5. The summed E-state index contributed by atoms with van der Waals surface area (Å²) in [7, 11) is 3.74. The predicted octanol–water partition coefficient (Wildman–Crippen LogP) is 1.61. The highest BCUT2D eigenvalue weighted by molar-refractivity contribution is 5.89. The minimum absolute atomic E-state index is 0.106. The molecule has 23 heavy (non-hydrogen) atoms. The summed E-state index contributed by atoms with van der Waals surface area (Å²) in [6, 6.07) is 2.19. The van der Waals surface area contributed by atoms with Crippen LogP contribution >= 0.6 is 0 Å². The average Bonchev–Trinajstić information content (AvgIpc) is 3.10. The molecule has 3 rings (SSSR count). The molecule has 0 aromatic carbocycles. The van der Waals surface area contributed by atoms with Gasteiger partial charge in [0.2, 0.25) is 5.95 Å². The topological polar surface area (TPSA) is 79.2 Å². The van der Waals surface area contributed by atoms with Gasteiger partial charge in [-0.15, -0.1) is 0 Å². The van der Waals surface area contributed by atoms with Crippen LogP contribution < -0.4 is 10.2 Å². The molecule has 8 heteroatoms. The second kappa shape index (κ2) is 6.64. The molecule has 0 bridgehead atoms. The molecule has 0 radical (unpaired) electrons. The van der Waals surface area contributed by atoms with E-state index < -0.39 is 0 Å². The van der Waals surface area contributed by atoms with Gasteiger partial charge in [0, 0.05) is 39.6 Å². The number of likely N-dealkylation sites (tertiary alicyclic amines) is 1. The van der Waals surface area contributed by atoms with E-state index in [4.69, 9.17) is 0 Å². The summed E-state index contributed by atoms with van der Waals surface area (Å²) in [5.74, 6) is 0.614. The Morgan fingerprint density at radius 2 is 1.96 bits per heavy atom. The molecule has 3 heterocycles. The highest BCUT2D eigenvalue weighted by atomic mass is 16.2. The first kappa shape index (κ1) is 15.3. The Hall–Kier alpha value is -2.64. The molecule has 1 fully saturated rings. The molecule has 2 aromatic rings. The number of hydrogen-bond acceptors (Lipinski definition) is 5. The molecule has 0 spiro atoms. The molecular weight excluding hydrogens is 294 g/mol. The van der Waals surface area contributed by atoms with E-state index in [1.54, 1.807) is 18.6 Å². The molecule has 0 atom stereocenters. The fraction of sp³-hybridized carbons (Fsp3) is 0.467. The lowest BCUT2D eigenvalue weighted by atomic mass is 10.1. The third-order valence-electron chi connectivity index (χ3n) is 3.94. The van der Waals surface area contributed by atoms with Gasteiger partial charge >= 0.3 is 6.03 Å². The van der Waals surface area contributed by atoms with E-state index in [-0.39, 0.29) is 6.03 Å². The first-order valence-electron chi connectivity index (χ1n) is 7.68. The number of piperidine rings is 1. The van der Waals surface area contributed by atoms with Crippen molar-refractivity contribution in [3.8, 4) is 0 Å². The second-order valence-corrected chi connectivity index (χ2v) is 5.80. The lowest BCUT2D eigenvalue weighted by molar-refractivity contribution is 0.180. The quantitative estimate of drug-likeness (QED) is 0.931. The maximum Gasteiger partial charge on any atom is 0.321 e. The molecule has 1 aliphatic rings. The minimum Gasteiger partial charge on any atom is -0.347 e. The van der Waals surface area contributed by atoms with Crippen molar-refractivity contribution in [2.45, 2.75) is 18.9 Å². The monoisotopic (exact) mass is 315 g/mol. The Bertz CT molecular complexity index is 630. The summed E-state index contributed by atoms with van der Waals surface area (Å²) < 4.78 is 1.98. The number of aromatic nitrogens is 4.